The summed E-state index contributed by atoms with van der Waals surface area (Å²) < 4.78 is 24.0. The molecule has 3 heterocycles. The van der Waals surface area contributed by atoms with E-state index in [1.165, 1.54) is 12.1 Å². The smallest absolute Gasteiger partial charge is 0.227 e. The summed E-state index contributed by atoms with van der Waals surface area (Å²) in [5, 5.41) is 5.94. The van der Waals surface area contributed by atoms with Crippen LogP contribution in [0.3, 0.4) is 0 Å². The maximum absolute atomic E-state index is 13.1. The van der Waals surface area contributed by atoms with Gasteiger partial charge >= 0.3 is 0 Å². The van der Waals surface area contributed by atoms with Gasteiger partial charge in [0.1, 0.15) is 5.82 Å². The third-order valence-corrected chi connectivity index (χ3v) is 5.71. The van der Waals surface area contributed by atoms with E-state index in [9.17, 15) is 9.18 Å². The normalized spacial score (nSPS) is 16.2. The van der Waals surface area contributed by atoms with Crippen LogP contribution < -0.4 is 0 Å². The largest absolute Gasteiger partial charge is 0.376 e. The van der Waals surface area contributed by atoms with Gasteiger partial charge in [-0.1, -0.05) is 11.2 Å². The predicted octanol–water partition coefficient (Wildman–Crippen LogP) is 4.08. The van der Waals surface area contributed by atoms with E-state index in [1.807, 2.05) is 22.4 Å². The van der Waals surface area contributed by atoms with E-state index in [0.717, 1.165) is 24.3 Å². The topological polar surface area (TPSA) is 68.5 Å². The van der Waals surface area contributed by atoms with Crippen LogP contribution >= 0.6 is 11.3 Å². The van der Waals surface area contributed by atoms with E-state index in [0.29, 0.717) is 36.8 Å². The molecule has 0 N–H and O–H groups in total. The lowest BCUT2D eigenvalue weighted by molar-refractivity contribution is -0.133. The van der Waals surface area contributed by atoms with Gasteiger partial charge < -0.3 is 14.2 Å². The Morgan fingerprint density at radius 3 is 2.86 bits per heavy atom. The van der Waals surface area contributed by atoms with Crippen molar-refractivity contribution in [1.29, 1.82) is 0 Å². The van der Waals surface area contributed by atoms with Gasteiger partial charge in [0.25, 0.3) is 0 Å². The number of carbonyl (C=O) groups excluding carboxylic acids is 1. The molecule has 1 atom stereocenters. The fourth-order valence-corrected chi connectivity index (χ4v) is 4.04. The summed E-state index contributed by atoms with van der Waals surface area (Å²) in [5.74, 6) is 0.503. The van der Waals surface area contributed by atoms with Gasteiger partial charge in [-0.25, -0.2) is 4.39 Å². The summed E-state index contributed by atoms with van der Waals surface area (Å²) in [6.07, 6.45) is 2.77. The van der Waals surface area contributed by atoms with Crippen LogP contribution in [-0.4, -0.2) is 40.2 Å². The molecule has 2 aromatic heterocycles. The molecule has 8 heteroatoms. The Balaban J connectivity index is 1.37. The summed E-state index contributed by atoms with van der Waals surface area (Å²) in [4.78, 5) is 20.2. The Morgan fingerprint density at radius 2 is 2.14 bits per heavy atom. The van der Waals surface area contributed by atoms with Crippen LogP contribution in [0.2, 0.25) is 0 Å². The third-order valence-electron chi connectivity index (χ3n) is 4.85. The highest BCUT2D eigenvalue weighted by molar-refractivity contribution is 7.09. The van der Waals surface area contributed by atoms with Crippen molar-refractivity contribution in [3.8, 4) is 11.4 Å². The van der Waals surface area contributed by atoms with Gasteiger partial charge in [0.2, 0.25) is 17.6 Å². The van der Waals surface area contributed by atoms with Gasteiger partial charge in [-0.3, -0.25) is 4.79 Å². The van der Waals surface area contributed by atoms with Crippen molar-refractivity contribution in [2.75, 3.05) is 13.2 Å². The van der Waals surface area contributed by atoms with Crippen LogP contribution in [0, 0.1) is 5.82 Å². The fourth-order valence-electron chi connectivity index (χ4n) is 3.32. The molecule has 1 aromatic carbocycles. The van der Waals surface area contributed by atoms with E-state index in [1.54, 1.807) is 23.5 Å². The van der Waals surface area contributed by atoms with Gasteiger partial charge in [-0.2, -0.15) is 4.98 Å². The summed E-state index contributed by atoms with van der Waals surface area (Å²) >= 11 is 1.64. The van der Waals surface area contributed by atoms with Crippen molar-refractivity contribution >= 4 is 17.2 Å². The lowest BCUT2D eigenvalue weighted by Gasteiger charge is -2.25. The zero-order valence-corrected chi connectivity index (χ0v) is 16.7. The van der Waals surface area contributed by atoms with Gasteiger partial charge in [-0.05, 0) is 48.6 Å². The van der Waals surface area contributed by atoms with Crippen molar-refractivity contribution in [2.24, 2.45) is 0 Å². The molecule has 1 aliphatic heterocycles. The monoisotopic (exact) mass is 415 g/mol. The number of halogens is 1. The first-order chi connectivity index (χ1) is 14.2. The highest BCUT2D eigenvalue weighted by Gasteiger charge is 2.23. The molecular formula is C21H22FN3O3S. The second kappa shape index (κ2) is 9.28. The number of rotatable bonds is 8. The number of nitrogens with zero attached hydrogens (tertiary/aromatic N) is 3. The van der Waals surface area contributed by atoms with Crippen molar-refractivity contribution < 1.29 is 18.4 Å². The van der Waals surface area contributed by atoms with Crippen LogP contribution in [0.5, 0.6) is 0 Å². The average molecular weight is 415 g/mol. The maximum atomic E-state index is 13.1. The zero-order valence-electron chi connectivity index (χ0n) is 15.9. The highest BCUT2D eigenvalue weighted by atomic mass is 32.1. The minimum Gasteiger partial charge on any atom is -0.376 e. The van der Waals surface area contributed by atoms with Gasteiger partial charge in [-0.15, -0.1) is 11.3 Å². The minimum absolute atomic E-state index is 0.0374. The van der Waals surface area contributed by atoms with E-state index in [-0.39, 0.29) is 24.2 Å². The van der Waals surface area contributed by atoms with E-state index < -0.39 is 0 Å². The molecule has 1 aliphatic rings. The van der Waals surface area contributed by atoms with Gasteiger partial charge in [0.05, 0.1) is 12.6 Å². The number of ether oxygens (including phenoxy) is 1. The average Bonchev–Trinajstić information content (AvgIpc) is 3.49. The lowest BCUT2D eigenvalue weighted by atomic mass is 10.2. The standard InChI is InChI=1S/C21H22FN3O3S/c22-16-7-5-15(6-8-16)21-23-19(28-24-21)9-10-20(26)25(13-17-3-1-11-27-17)14-18-4-2-12-29-18/h2,4-8,12,17H,1,3,9-11,13-14H2. The van der Waals surface area contributed by atoms with E-state index in [4.69, 9.17) is 9.26 Å². The molecule has 1 unspecified atom stereocenters. The Hall–Kier alpha value is -2.58. The van der Waals surface area contributed by atoms with Gasteiger partial charge in [0, 0.05) is 36.4 Å². The number of thiophene rings is 1. The third kappa shape index (κ3) is 5.27. The van der Waals surface area contributed by atoms with Crippen LogP contribution in [0.25, 0.3) is 11.4 Å². The summed E-state index contributed by atoms with van der Waals surface area (Å²) in [5.41, 5.74) is 0.672. The molecule has 1 saturated heterocycles. The highest BCUT2D eigenvalue weighted by Crippen LogP contribution is 2.20. The first-order valence-electron chi connectivity index (χ1n) is 9.67. The molecule has 0 saturated carbocycles. The van der Waals surface area contributed by atoms with Crippen LogP contribution in [0.4, 0.5) is 4.39 Å². The minimum atomic E-state index is -0.319. The Kier molecular flexibility index (Phi) is 6.31. The molecule has 0 aliphatic carbocycles. The molecule has 0 radical (unpaired) electrons. The van der Waals surface area contributed by atoms with Crippen molar-refractivity contribution in [1.82, 2.24) is 15.0 Å². The lowest BCUT2D eigenvalue weighted by Crippen LogP contribution is -2.36. The predicted molar refractivity (Wildman–Crippen MR) is 107 cm³/mol. The van der Waals surface area contributed by atoms with Gasteiger partial charge in [0.15, 0.2) is 0 Å². The number of carbonyl (C=O) groups is 1. The second-order valence-electron chi connectivity index (χ2n) is 7.01. The summed E-state index contributed by atoms with van der Waals surface area (Å²) in [6, 6.07) is 9.92. The number of hydrogen-bond donors (Lipinski definition) is 0. The molecule has 0 bridgehead atoms. The van der Waals surface area contributed by atoms with Crippen LogP contribution in [0.15, 0.2) is 46.3 Å². The first kappa shape index (κ1) is 19.7. The molecule has 29 heavy (non-hydrogen) atoms. The Labute approximate surface area is 172 Å². The Morgan fingerprint density at radius 1 is 1.28 bits per heavy atom. The number of aromatic nitrogens is 2. The summed E-state index contributed by atoms with van der Waals surface area (Å²) in [6.45, 7) is 1.95. The first-order valence-corrected chi connectivity index (χ1v) is 10.6. The molecule has 1 fully saturated rings. The van der Waals surface area contributed by atoms with Crippen LogP contribution in [0.1, 0.15) is 30.0 Å². The molecule has 0 spiro atoms. The molecule has 3 aromatic rings. The molecule has 152 valence electrons. The molecule has 6 nitrogen and oxygen atoms in total. The SMILES string of the molecule is O=C(CCc1nc(-c2ccc(F)cc2)no1)N(Cc1cccs1)CC1CCCO1. The Bertz CT molecular complexity index is 921. The molecule has 1 amide bonds. The maximum Gasteiger partial charge on any atom is 0.227 e. The molecule has 4 rings (SSSR count). The number of amides is 1. The quantitative estimate of drug-likeness (QED) is 0.555. The molecular weight excluding hydrogens is 393 g/mol. The van der Waals surface area contributed by atoms with Crippen molar-refractivity contribution in [3.05, 3.63) is 58.4 Å². The number of aryl methyl sites for hydroxylation is 1. The fraction of sp³-hybridized carbons (Fsp3) is 0.381. The zero-order chi connectivity index (χ0) is 20.1. The summed E-state index contributed by atoms with van der Waals surface area (Å²) in [7, 11) is 0. The van der Waals surface area contributed by atoms with E-state index >= 15 is 0 Å². The van der Waals surface area contributed by atoms with Crippen molar-refractivity contribution in [3.63, 3.8) is 0 Å². The van der Waals surface area contributed by atoms with E-state index in [2.05, 4.69) is 10.1 Å². The number of benzene rings is 1. The van der Waals surface area contributed by atoms with Crippen molar-refractivity contribution in [2.45, 2.75) is 38.3 Å². The van der Waals surface area contributed by atoms with Crippen LogP contribution in [-0.2, 0) is 22.5 Å². The number of hydrogen-bond acceptors (Lipinski definition) is 6. The second-order valence-corrected chi connectivity index (χ2v) is 8.04.